The van der Waals surface area contributed by atoms with Gasteiger partial charge in [0.1, 0.15) is 0 Å². The molecule has 1 saturated heterocycles. The van der Waals surface area contributed by atoms with Crippen LogP contribution in [0.1, 0.15) is 37.7 Å². The van der Waals surface area contributed by atoms with Crippen LogP contribution in [0.15, 0.2) is 30.3 Å². The topological polar surface area (TPSA) is 49.4 Å². The third kappa shape index (κ3) is 3.63. The van der Waals surface area contributed by atoms with Gasteiger partial charge in [0.05, 0.1) is 5.92 Å². The number of carbonyl (C=O) groups is 2. The van der Waals surface area contributed by atoms with Crippen molar-refractivity contribution in [2.24, 2.45) is 5.92 Å². The molecule has 0 aromatic heterocycles. The van der Waals surface area contributed by atoms with Gasteiger partial charge in [0.25, 0.3) is 0 Å². The van der Waals surface area contributed by atoms with E-state index in [1.165, 1.54) is 0 Å². The van der Waals surface area contributed by atoms with E-state index in [2.05, 4.69) is 24.4 Å². The predicted octanol–water partition coefficient (Wildman–Crippen LogP) is 2.16. The summed E-state index contributed by atoms with van der Waals surface area (Å²) in [5.41, 5.74) is 1.15. The normalized spacial score (nSPS) is 21.6. The molecule has 2 amide bonds. The van der Waals surface area contributed by atoms with Crippen LogP contribution in [0, 0.1) is 5.92 Å². The summed E-state index contributed by atoms with van der Waals surface area (Å²) in [5, 5.41) is 2.63. The molecule has 0 unspecified atom stereocenters. The molecule has 1 heterocycles. The van der Waals surface area contributed by atoms with Gasteiger partial charge in [0.15, 0.2) is 0 Å². The van der Waals surface area contributed by atoms with Gasteiger partial charge >= 0.3 is 0 Å². The highest BCUT2D eigenvalue weighted by Crippen LogP contribution is 2.35. The minimum absolute atomic E-state index is 0.0633. The molecule has 2 rings (SSSR count). The Hall–Kier alpha value is -1.84. The number of carbonyl (C=O) groups excluding carboxylic acids is 2. The second-order valence-electron chi connectivity index (χ2n) is 5.64. The minimum atomic E-state index is -0.232. The van der Waals surface area contributed by atoms with Crippen LogP contribution in [0.4, 0.5) is 0 Å². The molecule has 0 spiro atoms. The van der Waals surface area contributed by atoms with E-state index in [-0.39, 0.29) is 30.1 Å². The van der Waals surface area contributed by atoms with Crippen LogP contribution < -0.4 is 5.32 Å². The van der Waals surface area contributed by atoms with E-state index in [0.717, 1.165) is 31.5 Å². The van der Waals surface area contributed by atoms with Crippen molar-refractivity contribution in [3.8, 4) is 0 Å². The summed E-state index contributed by atoms with van der Waals surface area (Å²) in [6, 6.07) is 10.1. The summed E-state index contributed by atoms with van der Waals surface area (Å²) in [5.74, 6) is -0.0513. The maximum absolute atomic E-state index is 12.6. The average Bonchev–Trinajstić information content (AvgIpc) is 2.82. The van der Waals surface area contributed by atoms with Crippen LogP contribution in [0.2, 0.25) is 0 Å². The van der Waals surface area contributed by atoms with Crippen LogP contribution in [-0.2, 0) is 9.59 Å². The van der Waals surface area contributed by atoms with Gasteiger partial charge in [-0.05, 0) is 12.0 Å². The quantitative estimate of drug-likeness (QED) is 0.872. The molecule has 0 radical (unpaired) electrons. The van der Waals surface area contributed by atoms with E-state index < -0.39 is 0 Å². The Labute approximate surface area is 126 Å². The Kier molecular flexibility index (Phi) is 5.37. The van der Waals surface area contributed by atoms with Gasteiger partial charge < -0.3 is 10.2 Å². The molecule has 2 atom stereocenters. The third-order valence-corrected chi connectivity index (χ3v) is 4.23. The Morgan fingerprint density at radius 3 is 2.67 bits per heavy atom. The van der Waals surface area contributed by atoms with Gasteiger partial charge in [0, 0.05) is 32.5 Å². The van der Waals surface area contributed by atoms with E-state index in [1.54, 1.807) is 7.05 Å². The maximum atomic E-state index is 12.6. The van der Waals surface area contributed by atoms with Crippen molar-refractivity contribution in [1.29, 1.82) is 0 Å². The average molecular weight is 288 g/mol. The van der Waals surface area contributed by atoms with E-state index >= 15 is 0 Å². The van der Waals surface area contributed by atoms with Crippen molar-refractivity contribution in [2.75, 3.05) is 20.1 Å². The molecule has 0 bridgehead atoms. The van der Waals surface area contributed by atoms with E-state index in [4.69, 9.17) is 0 Å². The number of likely N-dealkylation sites (tertiary alicyclic amines) is 1. The number of amides is 2. The highest BCUT2D eigenvalue weighted by molar-refractivity contribution is 5.88. The number of rotatable bonds is 6. The number of hydrogen-bond donors (Lipinski definition) is 1. The number of hydrogen-bond acceptors (Lipinski definition) is 2. The first-order valence-corrected chi connectivity index (χ1v) is 7.71. The highest BCUT2D eigenvalue weighted by atomic mass is 16.2. The minimum Gasteiger partial charge on any atom is -0.359 e. The first-order valence-electron chi connectivity index (χ1n) is 7.71. The van der Waals surface area contributed by atoms with Gasteiger partial charge in [-0.15, -0.1) is 0 Å². The molecule has 0 saturated carbocycles. The Balaban J connectivity index is 2.19. The summed E-state index contributed by atoms with van der Waals surface area (Å²) in [6.45, 7) is 3.64. The predicted molar refractivity (Wildman–Crippen MR) is 82.8 cm³/mol. The Morgan fingerprint density at radius 2 is 2.05 bits per heavy atom. The number of nitrogens with zero attached hydrogens (tertiary/aromatic N) is 1. The first-order chi connectivity index (χ1) is 10.2. The maximum Gasteiger partial charge on any atom is 0.226 e. The summed E-state index contributed by atoms with van der Waals surface area (Å²) < 4.78 is 0. The van der Waals surface area contributed by atoms with Gasteiger partial charge in [-0.1, -0.05) is 43.7 Å². The van der Waals surface area contributed by atoms with Gasteiger partial charge in [-0.25, -0.2) is 0 Å². The molecule has 4 heteroatoms. The van der Waals surface area contributed by atoms with Crippen molar-refractivity contribution >= 4 is 11.8 Å². The van der Waals surface area contributed by atoms with Gasteiger partial charge in [-0.3, -0.25) is 9.59 Å². The molecular formula is C17H24N2O2. The van der Waals surface area contributed by atoms with Crippen LogP contribution in [0.3, 0.4) is 0 Å². The molecule has 4 nitrogen and oxygen atoms in total. The van der Waals surface area contributed by atoms with Crippen molar-refractivity contribution in [3.05, 3.63) is 35.9 Å². The van der Waals surface area contributed by atoms with Crippen molar-refractivity contribution < 1.29 is 9.59 Å². The van der Waals surface area contributed by atoms with Crippen LogP contribution in [0.5, 0.6) is 0 Å². The van der Waals surface area contributed by atoms with Crippen LogP contribution >= 0.6 is 0 Å². The number of nitrogens with one attached hydrogen (secondary N) is 1. The van der Waals surface area contributed by atoms with Gasteiger partial charge in [0.2, 0.25) is 11.8 Å². The first kappa shape index (κ1) is 15.5. The number of benzene rings is 1. The molecule has 21 heavy (non-hydrogen) atoms. The van der Waals surface area contributed by atoms with Crippen LogP contribution in [0.25, 0.3) is 0 Å². The molecule has 114 valence electrons. The largest absolute Gasteiger partial charge is 0.359 e. The summed E-state index contributed by atoms with van der Waals surface area (Å²) in [7, 11) is 1.62. The Bertz CT molecular complexity index is 487. The lowest BCUT2D eigenvalue weighted by Crippen LogP contribution is -2.30. The van der Waals surface area contributed by atoms with Crippen molar-refractivity contribution in [1.82, 2.24) is 10.2 Å². The second kappa shape index (κ2) is 7.25. The SMILES string of the molecule is CCCCN1C[C@H](c2ccccc2)[C@@H](CC(=O)NC)C1=O. The molecule has 1 N–H and O–H groups in total. The molecule has 1 fully saturated rings. The fourth-order valence-electron chi connectivity index (χ4n) is 2.98. The van der Waals surface area contributed by atoms with E-state index in [0.29, 0.717) is 0 Å². The Morgan fingerprint density at radius 1 is 1.33 bits per heavy atom. The zero-order valence-corrected chi connectivity index (χ0v) is 12.8. The lowest BCUT2D eigenvalue weighted by atomic mass is 9.86. The third-order valence-electron chi connectivity index (χ3n) is 4.23. The molecule has 1 aromatic rings. The molecule has 1 aliphatic heterocycles. The molecule has 1 aliphatic rings. The number of unbranched alkanes of at least 4 members (excludes halogenated alkanes) is 1. The smallest absolute Gasteiger partial charge is 0.226 e. The lowest BCUT2D eigenvalue weighted by molar-refractivity contribution is -0.134. The summed E-state index contributed by atoms with van der Waals surface area (Å²) >= 11 is 0. The summed E-state index contributed by atoms with van der Waals surface area (Å²) in [6.07, 6.45) is 2.36. The second-order valence-corrected chi connectivity index (χ2v) is 5.64. The monoisotopic (exact) mass is 288 g/mol. The zero-order valence-electron chi connectivity index (χ0n) is 12.8. The van der Waals surface area contributed by atoms with Gasteiger partial charge in [-0.2, -0.15) is 0 Å². The molecule has 0 aliphatic carbocycles. The lowest BCUT2D eigenvalue weighted by Gasteiger charge is -2.16. The zero-order chi connectivity index (χ0) is 15.2. The van der Waals surface area contributed by atoms with Crippen LogP contribution in [-0.4, -0.2) is 36.9 Å². The van der Waals surface area contributed by atoms with Crippen molar-refractivity contribution in [2.45, 2.75) is 32.1 Å². The molecular weight excluding hydrogens is 264 g/mol. The molecule has 1 aromatic carbocycles. The van der Waals surface area contributed by atoms with Crippen molar-refractivity contribution in [3.63, 3.8) is 0 Å². The van der Waals surface area contributed by atoms with E-state index in [1.807, 2.05) is 23.1 Å². The van der Waals surface area contributed by atoms with E-state index in [9.17, 15) is 9.59 Å². The standard InChI is InChI=1S/C17H24N2O2/c1-3-4-10-19-12-15(13-8-6-5-7-9-13)14(17(19)21)11-16(20)18-2/h5-9,14-15H,3-4,10-12H2,1-2H3,(H,18,20)/t14-,15-/m1/s1. The fourth-order valence-corrected chi connectivity index (χ4v) is 2.98. The fraction of sp³-hybridized carbons (Fsp3) is 0.529. The highest BCUT2D eigenvalue weighted by Gasteiger charge is 2.41. The summed E-state index contributed by atoms with van der Waals surface area (Å²) in [4.78, 5) is 26.2.